The summed E-state index contributed by atoms with van der Waals surface area (Å²) < 4.78 is 16.5. The number of benzene rings is 2. The molecule has 0 spiro atoms. The summed E-state index contributed by atoms with van der Waals surface area (Å²) in [5.74, 6) is 1.19. The molecule has 2 aliphatic heterocycles. The summed E-state index contributed by atoms with van der Waals surface area (Å²) in [6.45, 7) is 7.03. The number of cyclic esters (lactones) is 1. The fourth-order valence-corrected chi connectivity index (χ4v) is 4.95. The van der Waals surface area contributed by atoms with Crippen molar-refractivity contribution in [1.29, 1.82) is 0 Å². The van der Waals surface area contributed by atoms with E-state index in [1.54, 1.807) is 18.3 Å². The molecule has 4 heterocycles. The second kappa shape index (κ2) is 11.2. The highest BCUT2D eigenvalue weighted by Crippen LogP contribution is 2.38. The first-order valence-corrected chi connectivity index (χ1v) is 13.5. The summed E-state index contributed by atoms with van der Waals surface area (Å²) in [4.78, 5) is 28.3. The van der Waals surface area contributed by atoms with Crippen LogP contribution < -0.4 is 10.6 Å². The van der Waals surface area contributed by atoms with Crippen molar-refractivity contribution in [1.82, 2.24) is 25.0 Å². The van der Waals surface area contributed by atoms with Crippen LogP contribution in [-0.2, 0) is 21.6 Å². The van der Waals surface area contributed by atoms with Gasteiger partial charge in [-0.05, 0) is 37.6 Å². The van der Waals surface area contributed by atoms with Crippen LogP contribution in [0.1, 0.15) is 47.2 Å². The molecule has 12 heteroatoms. The Balaban J connectivity index is 1.31. The number of carbonyl (C=O) groups excluding carboxylic acids is 1. The first-order chi connectivity index (χ1) is 19.9. The minimum absolute atomic E-state index is 0.170. The van der Waals surface area contributed by atoms with Crippen LogP contribution in [0.5, 0.6) is 0 Å². The molecule has 2 aliphatic rings. The zero-order valence-electron chi connectivity index (χ0n) is 22.8. The number of morpholine rings is 1. The molecule has 0 bridgehead atoms. The van der Waals surface area contributed by atoms with Gasteiger partial charge >= 0.3 is 5.97 Å². The number of rotatable bonds is 9. The van der Waals surface area contributed by atoms with Gasteiger partial charge in [0.05, 0.1) is 38.0 Å². The first-order valence-electron chi connectivity index (χ1n) is 13.5. The summed E-state index contributed by atoms with van der Waals surface area (Å²) in [7, 11) is 0. The predicted octanol–water partition coefficient (Wildman–Crippen LogP) is 3.65. The number of carbonyl (C=O) groups is 1. The summed E-state index contributed by atoms with van der Waals surface area (Å²) in [5.41, 5.74) is 2.67. The van der Waals surface area contributed by atoms with Crippen molar-refractivity contribution in [3.63, 3.8) is 0 Å². The summed E-state index contributed by atoms with van der Waals surface area (Å²) in [5, 5.41) is 20.9. The van der Waals surface area contributed by atoms with Crippen LogP contribution in [0.3, 0.4) is 0 Å². The molecule has 2 aromatic heterocycles. The van der Waals surface area contributed by atoms with Gasteiger partial charge in [-0.25, -0.2) is 9.78 Å². The normalized spacial score (nSPS) is 17.1. The van der Waals surface area contributed by atoms with Gasteiger partial charge in [0.25, 0.3) is 5.89 Å². The van der Waals surface area contributed by atoms with Crippen molar-refractivity contribution >= 4 is 23.4 Å². The topological polar surface area (TPSA) is 148 Å². The van der Waals surface area contributed by atoms with E-state index in [1.165, 1.54) is 0 Å². The van der Waals surface area contributed by atoms with E-state index >= 15 is 0 Å². The first kappa shape index (κ1) is 26.8. The van der Waals surface area contributed by atoms with Gasteiger partial charge < -0.3 is 29.7 Å². The Morgan fingerprint density at radius 2 is 1.88 bits per heavy atom. The Morgan fingerprint density at radius 1 is 1.07 bits per heavy atom. The van der Waals surface area contributed by atoms with Gasteiger partial charge in [-0.3, -0.25) is 4.90 Å². The van der Waals surface area contributed by atoms with Gasteiger partial charge in [-0.15, -0.1) is 0 Å². The van der Waals surface area contributed by atoms with Gasteiger partial charge in [0.2, 0.25) is 5.95 Å². The lowest BCUT2D eigenvalue weighted by Gasteiger charge is -2.24. The van der Waals surface area contributed by atoms with E-state index in [-0.39, 0.29) is 18.5 Å². The largest absolute Gasteiger partial charge is 0.451 e. The number of fused-ring (bicyclic) bond motifs is 1. The van der Waals surface area contributed by atoms with Crippen LogP contribution >= 0.6 is 0 Å². The molecule has 1 atom stereocenters. The van der Waals surface area contributed by atoms with Crippen molar-refractivity contribution < 1.29 is 23.9 Å². The maximum atomic E-state index is 12.2. The number of hydrogen-bond acceptors (Lipinski definition) is 12. The number of esters is 1. The van der Waals surface area contributed by atoms with E-state index in [4.69, 9.17) is 19.0 Å². The molecule has 1 fully saturated rings. The predicted molar refractivity (Wildman–Crippen MR) is 149 cm³/mol. The minimum Gasteiger partial charge on any atom is -0.451 e. The summed E-state index contributed by atoms with van der Waals surface area (Å²) in [6, 6.07) is 14.5. The molecule has 4 aromatic rings. The number of nitrogens with one attached hydrogen (secondary N) is 2. The Morgan fingerprint density at radius 3 is 2.66 bits per heavy atom. The lowest BCUT2D eigenvalue weighted by atomic mass is 9.95. The maximum Gasteiger partial charge on any atom is 0.339 e. The highest BCUT2D eigenvalue weighted by Gasteiger charge is 2.37. The SMILES string of the molecule is CC1(C)OC(=O)c2ccc(Nc3ncc(-c4nc(CN5CCOCC5)no4)c(N[C@H](CO)c4ccccc4)n3)cc21. The standard InChI is InChI=1S/C29H31N7O5/c1-29(2)22-14-19(8-9-20(22)27(38)40-29)31-28-30-15-21(25(34-28)32-23(17-37)18-6-4-3-5-7-18)26-33-24(35-41-26)16-36-10-12-39-13-11-36/h3-9,14-15,23,37H,10-13,16-17H2,1-2H3,(H2,30,31,32,34)/t23-/m1/s1. The van der Waals surface area contributed by atoms with Crippen molar-refractivity contribution in [2.24, 2.45) is 0 Å². The number of hydrogen-bond donors (Lipinski definition) is 3. The second-order valence-corrected chi connectivity index (χ2v) is 10.4. The van der Waals surface area contributed by atoms with Gasteiger partial charge in [-0.2, -0.15) is 9.97 Å². The lowest BCUT2D eigenvalue weighted by molar-refractivity contribution is 0.00954. The Hall–Kier alpha value is -4.39. The molecule has 2 aromatic carbocycles. The van der Waals surface area contributed by atoms with Gasteiger partial charge in [0.1, 0.15) is 17.0 Å². The number of aliphatic hydroxyl groups excluding tert-OH is 1. The monoisotopic (exact) mass is 557 g/mol. The fraction of sp³-hybridized carbons (Fsp3) is 0.345. The summed E-state index contributed by atoms with van der Waals surface area (Å²) >= 11 is 0. The zero-order valence-corrected chi connectivity index (χ0v) is 22.8. The Kier molecular flexibility index (Phi) is 7.35. The van der Waals surface area contributed by atoms with Crippen LogP contribution in [-0.4, -0.2) is 69.0 Å². The van der Waals surface area contributed by atoms with Gasteiger partial charge in [0, 0.05) is 30.5 Å². The van der Waals surface area contributed by atoms with E-state index in [9.17, 15) is 9.90 Å². The molecule has 0 saturated carbocycles. The van der Waals surface area contributed by atoms with Crippen LogP contribution in [0.15, 0.2) is 59.3 Å². The Bertz CT molecular complexity index is 1540. The van der Waals surface area contributed by atoms with Crippen molar-refractivity contribution in [3.05, 3.63) is 77.2 Å². The third kappa shape index (κ3) is 5.75. The average Bonchev–Trinajstić information content (AvgIpc) is 3.53. The number of aliphatic hydroxyl groups is 1. The van der Waals surface area contributed by atoms with Crippen LogP contribution in [0.2, 0.25) is 0 Å². The molecular formula is C29H31N7O5. The number of nitrogens with zero attached hydrogens (tertiary/aromatic N) is 5. The van der Waals surface area contributed by atoms with Crippen molar-refractivity contribution in [3.8, 4) is 11.5 Å². The summed E-state index contributed by atoms with van der Waals surface area (Å²) in [6.07, 6.45) is 1.60. The number of aromatic nitrogens is 4. The highest BCUT2D eigenvalue weighted by atomic mass is 16.6. The van der Waals surface area contributed by atoms with E-state index in [0.29, 0.717) is 54.2 Å². The zero-order chi connectivity index (χ0) is 28.4. The molecule has 1 saturated heterocycles. The highest BCUT2D eigenvalue weighted by molar-refractivity contribution is 5.95. The van der Waals surface area contributed by atoms with E-state index in [2.05, 4.69) is 30.7 Å². The van der Waals surface area contributed by atoms with E-state index < -0.39 is 11.6 Å². The Labute approximate surface area is 236 Å². The fourth-order valence-electron chi connectivity index (χ4n) is 4.95. The van der Waals surface area contributed by atoms with Crippen LogP contribution in [0.4, 0.5) is 17.5 Å². The van der Waals surface area contributed by atoms with Crippen LogP contribution in [0.25, 0.3) is 11.5 Å². The van der Waals surface area contributed by atoms with E-state index in [1.807, 2.05) is 50.2 Å². The lowest BCUT2D eigenvalue weighted by Crippen LogP contribution is -2.35. The maximum absolute atomic E-state index is 12.2. The third-order valence-electron chi connectivity index (χ3n) is 7.14. The van der Waals surface area contributed by atoms with Gasteiger partial charge in [-0.1, -0.05) is 35.5 Å². The van der Waals surface area contributed by atoms with Crippen molar-refractivity contribution in [2.45, 2.75) is 32.0 Å². The molecule has 41 heavy (non-hydrogen) atoms. The molecule has 6 rings (SSSR count). The third-order valence-corrected chi connectivity index (χ3v) is 7.14. The smallest absolute Gasteiger partial charge is 0.339 e. The van der Waals surface area contributed by atoms with Crippen LogP contribution in [0, 0.1) is 0 Å². The van der Waals surface area contributed by atoms with Gasteiger partial charge in [0.15, 0.2) is 5.82 Å². The minimum atomic E-state index is -0.734. The van der Waals surface area contributed by atoms with E-state index in [0.717, 1.165) is 24.2 Å². The molecular weight excluding hydrogens is 526 g/mol. The molecule has 0 unspecified atom stereocenters. The molecule has 0 aliphatic carbocycles. The molecule has 0 radical (unpaired) electrons. The number of ether oxygens (including phenoxy) is 2. The molecule has 12 nitrogen and oxygen atoms in total. The molecule has 0 amide bonds. The molecule has 212 valence electrons. The molecule has 3 N–H and O–H groups in total. The number of anilines is 3. The second-order valence-electron chi connectivity index (χ2n) is 10.4. The van der Waals surface area contributed by atoms with Crippen molar-refractivity contribution in [2.75, 3.05) is 43.5 Å². The quantitative estimate of drug-likeness (QED) is 0.258. The average molecular weight is 558 g/mol.